The SMILES string of the molecule is Cl.O=C1CC(c2ccccc2)NCCCCN(C(=O)CCc2ccccc2)CCCN1. The number of hydrogen-bond donors (Lipinski definition) is 2. The van der Waals surface area contributed by atoms with Gasteiger partial charge < -0.3 is 15.5 Å². The normalized spacial score (nSPS) is 18.5. The number of hydrogen-bond acceptors (Lipinski definition) is 3. The van der Waals surface area contributed by atoms with Crippen molar-refractivity contribution in [1.29, 1.82) is 0 Å². The number of nitrogens with one attached hydrogen (secondary N) is 2. The summed E-state index contributed by atoms with van der Waals surface area (Å²) in [7, 11) is 0. The third kappa shape index (κ3) is 8.72. The first-order chi connectivity index (χ1) is 14.7. The van der Waals surface area contributed by atoms with Gasteiger partial charge in [-0.15, -0.1) is 12.4 Å². The molecule has 2 N–H and O–H groups in total. The molecule has 0 aliphatic carbocycles. The lowest BCUT2D eigenvalue weighted by molar-refractivity contribution is -0.131. The molecule has 1 fully saturated rings. The Balaban J connectivity index is 0.00000341. The molecule has 5 nitrogen and oxygen atoms in total. The highest BCUT2D eigenvalue weighted by Gasteiger charge is 2.17. The van der Waals surface area contributed by atoms with E-state index in [1.165, 1.54) is 5.56 Å². The highest BCUT2D eigenvalue weighted by atomic mass is 35.5. The summed E-state index contributed by atoms with van der Waals surface area (Å²) in [4.78, 5) is 27.2. The Hall–Kier alpha value is -2.37. The molecule has 1 saturated heterocycles. The second kappa shape index (κ2) is 13.8. The first-order valence-electron chi connectivity index (χ1n) is 11.1. The molecule has 2 aromatic rings. The van der Waals surface area contributed by atoms with E-state index in [1.54, 1.807) is 0 Å². The number of carbonyl (C=O) groups excluding carboxylic acids is 2. The molecule has 0 aromatic heterocycles. The van der Waals surface area contributed by atoms with Crippen LogP contribution in [0.25, 0.3) is 0 Å². The van der Waals surface area contributed by atoms with Gasteiger partial charge in [0.2, 0.25) is 11.8 Å². The van der Waals surface area contributed by atoms with Crippen molar-refractivity contribution in [3.8, 4) is 0 Å². The predicted octanol–water partition coefficient (Wildman–Crippen LogP) is 3.89. The van der Waals surface area contributed by atoms with E-state index >= 15 is 0 Å². The van der Waals surface area contributed by atoms with Gasteiger partial charge in [0.25, 0.3) is 0 Å². The standard InChI is InChI=1S/C25H33N3O2.ClH/c29-24-20-23(22-12-5-2-6-13-22)26-16-7-8-18-28(19-9-17-27-24)25(30)15-14-21-10-3-1-4-11-21;/h1-6,10-13,23,26H,7-9,14-20H2,(H,27,29);1H. The summed E-state index contributed by atoms with van der Waals surface area (Å²) in [6.45, 7) is 2.91. The molecule has 1 unspecified atom stereocenters. The van der Waals surface area contributed by atoms with Crippen LogP contribution in [0.2, 0.25) is 0 Å². The van der Waals surface area contributed by atoms with Gasteiger partial charge in [0.1, 0.15) is 0 Å². The average Bonchev–Trinajstić information content (AvgIpc) is 2.80. The van der Waals surface area contributed by atoms with Crippen LogP contribution < -0.4 is 10.6 Å². The van der Waals surface area contributed by atoms with Gasteiger partial charge in [-0.05, 0) is 43.4 Å². The molecule has 168 valence electrons. The van der Waals surface area contributed by atoms with Gasteiger partial charge >= 0.3 is 0 Å². The highest BCUT2D eigenvalue weighted by molar-refractivity contribution is 5.85. The van der Waals surface area contributed by atoms with E-state index in [1.807, 2.05) is 41.3 Å². The van der Waals surface area contributed by atoms with E-state index in [2.05, 4.69) is 34.9 Å². The molecule has 1 heterocycles. The molecule has 31 heavy (non-hydrogen) atoms. The van der Waals surface area contributed by atoms with Crippen molar-refractivity contribution in [3.05, 3.63) is 71.8 Å². The minimum atomic E-state index is 0. The molecule has 2 amide bonds. The number of carbonyl (C=O) groups is 2. The van der Waals surface area contributed by atoms with Crippen molar-refractivity contribution in [2.45, 2.75) is 44.6 Å². The van der Waals surface area contributed by atoms with E-state index in [0.29, 0.717) is 25.9 Å². The van der Waals surface area contributed by atoms with Gasteiger partial charge in [-0.1, -0.05) is 60.7 Å². The third-order valence-corrected chi connectivity index (χ3v) is 5.59. The second-order valence-electron chi connectivity index (χ2n) is 7.90. The molecule has 0 radical (unpaired) electrons. The fraction of sp³-hybridized carbons (Fsp3) is 0.440. The zero-order valence-electron chi connectivity index (χ0n) is 18.1. The summed E-state index contributed by atoms with van der Waals surface area (Å²) in [5.41, 5.74) is 2.33. The Labute approximate surface area is 192 Å². The molecule has 1 aliphatic heterocycles. The van der Waals surface area contributed by atoms with Crippen LogP contribution >= 0.6 is 12.4 Å². The summed E-state index contributed by atoms with van der Waals surface area (Å²) in [5, 5.41) is 6.55. The quantitative estimate of drug-likeness (QED) is 0.753. The molecular formula is C25H34ClN3O2. The van der Waals surface area contributed by atoms with E-state index < -0.39 is 0 Å². The average molecular weight is 444 g/mol. The van der Waals surface area contributed by atoms with Gasteiger partial charge in [0.15, 0.2) is 0 Å². The smallest absolute Gasteiger partial charge is 0.222 e. The van der Waals surface area contributed by atoms with E-state index in [0.717, 1.165) is 44.3 Å². The molecule has 3 rings (SSSR count). The van der Waals surface area contributed by atoms with E-state index in [-0.39, 0.29) is 30.3 Å². The summed E-state index contributed by atoms with van der Waals surface area (Å²) in [6.07, 6.45) is 4.47. The molecule has 6 heteroatoms. The Bertz CT molecular complexity index is 786. The fourth-order valence-electron chi connectivity index (χ4n) is 3.87. The lowest BCUT2D eigenvalue weighted by Crippen LogP contribution is -2.35. The second-order valence-corrected chi connectivity index (χ2v) is 7.90. The number of benzene rings is 2. The van der Waals surface area contributed by atoms with Crippen LogP contribution in [-0.2, 0) is 16.0 Å². The summed E-state index contributed by atoms with van der Waals surface area (Å²) < 4.78 is 0. The minimum Gasteiger partial charge on any atom is -0.356 e. The van der Waals surface area contributed by atoms with Crippen LogP contribution in [0.15, 0.2) is 60.7 Å². The first kappa shape index (κ1) is 24.9. The Morgan fingerprint density at radius 3 is 2.32 bits per heavy atom. The lowest BCUT2D eigenvalue weighted by atomic mass is 10.0. The van der Waals surface area contributed by atoms with Crippen LogP contribution in [0.3, 0.4) is 0 Å². The summed E-state index contributed by atoms with van der Waals surface area (Å²) in [6, 6.07) is 20.3. The largest absolute Gasteiger partial charge is 0.356 e. The van der Waals surface area contributed by atoms with Gasteiger partial charge in [-0.3, -0.25) is 9.59 Å². The van der Waals surface area contributed by atoms with Crippen molar-refractivity contribution in [2.24, 2.45) is 0 Å². The van der Waals surface area contributed by atoms with Crippen LogP contribution in [0.5, 0.6) is 0 Å². The zero-order valence-corrected chi connectivity index (χ0v) is 18.9. The predicted molar refractivity (Wildman–Crippen MR) is 127 cm³/mol. The number of nitrogens with zero attached hydrogens (tertiary/aromatic N) is 1. The molecule has 1 aliphatic rings. The third-order valence-electron chi connectivity index (χ3n) is 5.59. The lowest BCUT2D eigenvalue weighted by Gasteiger charge is -2.23. The maximum absolute atomic E-state index is 12.8. The maximum Gasteiger partial charge on any atom is 0.222 e. The number of rotatable bonds is 4. The monoisotopic (exact) mass is 443 g/mol. The van der Waals surface area contributed by atoms with Crippen molar-refractivity contribution in [2.75, 3.05) is 26.2 Å². The maximum atomic E-state index is 12.8. The number of aryl methyl sites for hydroxylation is 1. The van der Waals surface area contributed by atoms with Crippen LogP contribution in [-0.4, -0.2) is 42.9 Å². The summed E-state index contributed by atoms with van der Waals surface area (Å²) in [5.74, 6) is 0.257. The van der Waals surface area contributed by atoms with Gasteiger partial charge in [0, 0.05) is 38.5 Å². The van der Waals surface area contributed by atoms with Crippen molar-refractivity contribution in [3.63, 3.8) is 0 Å². The topological polar surface area (TPSA) is 61.4 Å². The van der Waals surface area contributed by atoms with Crippen LogP contribution in [0, 0.1) is 0 Å². The molecule has 0 bridgehead atoms. The Kier molecular flexibility index (Phi) is 11.1. The number of amides is 2. The molecule has 2 aromatic carbocycles. The fourth-order valence-corrected chi connectivity index (χ4v) is 3.87. The molecule has 0 saturated carbocycles. The molecular weight excluding hydrogens is 410 g/mol. The molecule has 1 atom stereocenters. The van der Waals surface area contributed by atoms with E-state index in [4.69, 9.17) is 0 Å². The zero-order chi connectivity index (χ0) is 21.0. The van der Waals surface area contributed by atoms with Gasteiger partial charge in [0.05, 0.1) is 0 Å². The Morgan fingerprint density at radius 1 is 0.903 bits per heavy atom. The minimum absolute atomic E-state index is 0. The Morgan fingerprint density at radius 2 is 1.58 bits per heavy atom. The van der Waals surface area contributed by atoms with Crippen molar-refractivity contribution >= 4 is 24.2 Å². The van der Waals surface area contributed by atoms with Crippen LogP contribution in [0.1, 0.15) is 49.3 Å². The van der Waals surface area contributed by atoms with Crippen molar-refractivity contribution < 1.29 is 9.59 Å². The summed E-state index contributed by atoms with van der Waals surface area (Å²) >= 11 is 0. The first-order valence-corrected chi connectivity index (χ1v) is 11.1. The molecule has 0 spiro atoms. The van der Waals surface area contributed by atoms with Crippen molar-refractivity contribution in [1.82, 2.24) is 15.5 Å². The van der Waals surface area contributed by atoms with E-state index in [9.17, 15) is 9.59 Å². The highest BCUT2D eigenvalue weighted by Crippen LogP contribution is 2.17. The van der Waals surface area contributed by atoms with Gasteiger partial charge in [-0.25, -0.2) is 0 Å². The van der Waals surface area contributed by atoms with Gasteiger partial charge in [-0.2, -0.15) is 0 Å². The number of halogens is 1. The van der Waals surface area contributed by atoms with Crippen LogP contribution in [0.4, 0.5) is 0 Å².